The van der Waals surface area contributed by atoms with Crippen molar-refractivity contribution < 1.29 is 17.9 Å². The average molecular weight is 341 g/mol. The summed E-state index contributed by atoms with van der Waals surface area (Å²) in [6.45, 7) is 2.22. The Balaban J connectivity index is 0.00000220. The summed E-state index contributed by atoms with van der Waals surface area (Å²) in [6.07, 6.45) is 4.08. The fourth-order valence-electron chi connectivity index (χ4n) is 2.86. The maximum Gasteiger partial charge on any atom is 0.252 e. The quantitative estimate of drug-likeness (QED) is 0.753. The molecule has 0 aromatic carbocycles. The van der Waals surface area contributed by atoms with E-state index in [-0.39, 0.29) is 42.3 Å². The first kappa shape index (κ1) is 18.7. The lowest BCUT2D eigenvalue weighted by atomic mass is 10.1. The SMILES string of the molecule is CC(CS(C)(=O)=O)N(C(=O)[C@@H]1CC[C@H](CN)O1)C1CC1.Cl. The maximum atomic E-state index is 12.6. The Morgan fingerprint density at radius 2 is 1.95 bits per heavy atom. The van der Waals surface area contributed by atoms with E-state index in [1.54, 1.807) is 11.8 Å². The second-order valence-electron chi connectivity index (χ2n) is 5.98. The third-order valence-corrected chi connectivity index (χ3v) is 4.95. The van der Waals surface area contributed by atoms with Gasteiger partial charge in [0.05, 0.1) is 11.9 Å². The minimum atomic E-state index is -3.10. The second kappa shape index (κ2) is 7.26. The highest BCUT2D eigenvalue weighted by Crippen LogP contribution is 2.32. The lowest BCUT2D eigenvalue weighted by molar-refractivity contribution is -0.145. The number of nitrogens with two attached hydrogens (primary N) is 1. The molecule has 124 valence electrons. The van der Waals surface area contributed by atoms with Gasteiger partial charge >= 0.3 is 0 Å². The summed E-state index contributed by atoms with van der Waals surface area (Å²) >= 11 is 0. The van der Waals surface area contributed by atoms with Crippen LogP contribution in [0.5, 0.6) is 0 Å². The van der Waals surface area contributed by atoms with Crippen molar-refractivity contribution in [2.45, 2.75) is 56.9 Å². The largest absolute Gasteiger partial charge is 0.364 e. The molecule has 6 nitrogen and oxygen atoms in total. The molecule has 1 heterocycles. The summed E-state index contributed by atoms with van der Waals surface area (Å²) in [7, 11) is -3.10. The number of hydrogen-bond donors (Lipinski definition) is 1. The first-order valence-corrected chi connectivity index (χ1v) is 9.23. The number of amides is 1. The van der Waals surface area contributed by atoms with Gasteiger partial charge in [-0.2, -0.15) is 0 Å². The summed E-state index contributed by atoms with van der Waals surface area (Å²) in [5.74, 6) is -0.0676. The minimum absolute atomic E-state index is 0. The van der Waals surface area contributed by atoms with Crippen LogP contribution in [0.2, 0.25) is 0 Å². The first-order valence-electron chi connectivity index (χ1n) is 7.17. The Bertz CT molecular complexity index is 467. The van der Waals surface area contributed by atoms with E-state index in [4.69, 9.17) is 10.5 Å². The molecule has 1 unspecified atom stereocenters. The summed E-state index contributed by atoms with van der Waals surface area (Å²) in [6, 6.07) is -0.120. The molecule has 21 heavy (non-hydrogen) atoms. The molecule has 0 aromatic rings. The van der Waals surface area contributed by atoms with Crippen molar-refractivity contribution in [2.24, 2.45) is 5.73 Å². The van der Waals surface area contributed by atoms with E-state index in [1.165, 1.54) is 6.26 Å². The van der Waals surface area contributed by atoms with Gasteiger partial charge in [0, 0.05) is 24.9 Å². The van der Waals surface area contributed by atoms with Crippen molar-refractivity contribution in [3.05, 3.63) is 0 Å². The van der Waals surface area contributed by atoms with Gasteiger partial charge in [-0.15, -0.1) is 12.4 Å². The van der Waals surface area contributed by atoms with Gasteiger partial charge < -0.3 is 15.4 Å². The topological polar surface area (TPSA) is 89.7 Å². The van der Waals surface area contributed by atoms with Crippen LogP contribution in [0.15, 0.2) is 0 Å². The van der Waals surface area contributed by atoms with Gasteiger partial charge in [-0.25, -0.2) is 8.42 Å². The number of carbonyl (C=O) groups is 1. The normalized spacial score (nSPS) is 27.0. The van der Waals surface area contributed by atoms with Crippen LogP contribution in [0.4, 0.5) is 0 Å². The van der Waals surface area contributed by atoms with Crippen LogP contribution >= 0.6 is 12.4 Å². The zero-order valence-electron chi connectivity index (χ0n) is 12.5. The van der Waals surface area contributed by atoms with Crippen LogP contribution in [-0.4, -0.2) is 62.1 Å². The molecule has 1 aliphatic carbocycles. The molecule has 1 aliphatic heterocycles. The summed E-state index contributed by atoms with van der Waals surface area (Å²) in [5.41, 5.74) is 5.56. The third kappa shape index (κ3) is 5.09. The number of carbonyl (C=O) groups excluding carboxylic acids is 1. The van der Waals surface area contributed by atoms with Crippen molar-refractivity contribution in [3.8, 4) is 0 Å². The lowest BCUT2D eigenvalue weighted by Crippen LogP contribution is -2.48. The Kier molecular flexibility index (Phi) is 6.46. The summed E-state index contributed by atoms with van der Waals surface area (Å²) in [4.78, 5) is 14.3. The zero-order valence-corrected chi connectivity index (χ0v) is 14.2. The molecule has 8 heteroatoms. The van der Waals surface area contributed by atoms with Gasteiger partial charge in [0.15, 0.2) is 0 Å². The highest BCUT2D eigenvalue weighted by Gasteiger charge is 2.41. The molecule has 1 saturated heterocycles. The van der Waals surface area contributed by atoms with Crippen molar-refractivity contribution >= 4 is 28.2 Å². The van der Waals surface area contributed by atoms with E-state index in [9.17, 15) is 13.2 Å². The molecule has 0 aromatic heterocycles. The van der Waals surface area contributed by atoms with Gasteiger partial charge in [0.25, 0.3) is 5.91 Å². The van der Waals surface area contributed by atoms with Crippen LogP contribution in [-0.2, 0) is 19.4 Å². The number of nitrogens with zero attached hydrogens (tertiary/aromatic N) is 1. The van der Waals surface area contributed by atoms with E-state index < -0.39 is 15.9 Å². The number of hydrogen-bond acceptors (Lipinski definition) is 5. The Hall–Kier alpha value is -0.370. The smallest absolute Gasteiger partial charge is 0.252 e. The van der Waals surface area contributed by atoms with Gasteiger partial charge in [0.2, 0.25) is 0 Å². The number of rotatable bonds is 6. The number of sulfone groups is 1. The average Bonchev–Trinajstić information content (AvgIpc) is 3.04. The van der Waals surface area contributed by atoms with Crippen LogP contribution < -0.4 is 5.73 Å². The predicted octanol–water partition coefficient (Wildman–Crippen LogP) is 0.339. The molecular formula is C13H25ClN2O4S. The summed E-state index contributed by atoms with van der Waals surface area (Å²) < 4.78 is 28.5. The van der Waals surface area contributed by atoms with E-state index in [0.29, 0.717) is 13.0 Å². The second-order valence-corrected chi connectivity index (χ2v) is 8.16. The van der Waals surface area contributed by atoms with Gasteiger partial charge in [0.1, 0.15) is 15.9 Å². The first-order chi connectivity index (χ1) is 9.31. The minimum Gasteiger partial charge on any atom is -0.364 e. The van der Waals surface area contributed by atoms with Crippen molar-refractivity contribution in [1.82, 2.24) is 4.90 Å². The summed E-state index contributed by atoms with van der Waals surface area (Å²) in [5, 5.41) is 0. The van der Waals surface area contributed by atoms with Crippen LogP contribution in [0.25, 0.3) is 0 Å². The van der Waals surface area contributed by atoms with E-state index in [2.05, 4.69) is 0 Å². The molecule has 0 bridgehead atoms. The number of halogens is 1. The van der Waals surface area contributed by atoms with E-state index in [1.807, 2.05) is 0 Å². The molecule has 1 saturated carbocycles. The molecule has 0 spiro atoms. The fourth-order valence-corrected chi connectivity index (χ4v) is 3.89. The van der Waals surface area contributed by atoms with Crippen LogP contribution in [0.1, 0.15) is 32.6 Å². The molecule has 1 amide bonds. The van der Waals surface area contributed by atoms with Crippen LogP contribution in [0, 0.1) is 0 Å². The van der Waals surface area contributed by atoms with Gasteiger partial charge in [-0.05, 0) is 32.6 Å². The maximum absolute atomic E-state index is 12.6. The van der Waals surface area contributed by atoms with Crippen molar-refractivity contribution in [3.63, 3.8) is 0 Å². The van der Waals surface area contributed by atoms with Crippen molar-refractivity contribution in [1.29, 1.82) is 0 Å². The molecule has 3 atom stereocenters. The highest BCUT2D eigenvalue weighted by molar-refractivity contribution is 7.90. The van der Waals surface area contributed by atoms with E-state index >= 15 is 0 Å². The van der Waals surface area contributed by atoms with E-state index in [0.717, 1.165) is 19.3 Å². The monoisotopic (exact) mass is 340 g/mol. The number of ether oxygens (including phenoxy) is 1. The predicted molar refractivity (Wildman–Crippen MR) is 83.2 cm³/mol. The molecule has 2 rings (SSSR count). The molecular weight excluding hydrogens is 316 g/mol. The molecule has 2 aliphatic rings. The standard InChI is InChI=1S/C13H24N2O4S.ClH/c1-9(8-20(2,17)18)15(10-3-4-10)13(16)12-6-5-11(7-14)19-12;/h9-12H,3-8,14H2,1-2H3;1H/t9?,11-,12+;/m1./s1. The third-order valence-electron chi connectivity index (χ3n) is 3.86. The molecule has 2 fully saturated rings. The molecule has 2 N–H and O–H groups in total. The Morgan fingerprint density at radius 3 is 2.38 bits per heavy atom. The Labute approximate surface area is 132 Å². The van der Waals surface area contributed by atoms with Crippen molar-refractivity contribution in [2.75, 3.05) is 18.6 Å². The van der Waals surface area contributed by atoms with Gasteiger partial charge in [-0.3, -0.25) is 4.79 Å². The van der Waals surface area contributed by atoms with Crippen LogP contribution in [0.3, 0.4) is 0 Å². The molecule has 0 radical (unpaired) electrons. The lowest BCUT2D eigenvalue weighted by Gasteiger charge is -2.31. The highest BCUT2D eigenvalue weighted by atomic mass is 35.5. The Morgan fingerprint density at radius 1 is 1.33 bits per heavy atom. The zero-order chi connectivity index (χ0) is 14.9. The van der Waals surface area contributed by atoms with Gasteiger partial charge in [-0.1, -0.05) is 0 Å². The fraction of sp³-hybridized carbons (Fsp3) is 0.923.